The molecule has 2 aromatic carbocycles. The SMILES string of the molecule is COc1ccc(C(=O)CCS(=O)(=O)c2ccccc2)cc1. The number of carbonyl (C=O) groups excluding carboxylic acids is 1. The number of hydrogen-bond acceptors (Lipinski definition) is 4. The topological polar surface area (TPSA) is 60.4 Å². The summed E-state index contributed by atoms with van der Waals surface area (Å²) in [5.41, 5.74) is 0.485. The molecule has 21 heavy (non-hydrogen) atoms. The summed E-state index contributed by atoms with van der Waals surface area (Å²) in [6, 6.07) is 14.8. The summed E-state index contributed by atoms with van der Waals surface area (Å²) in [6.45, 7) is 0. The lowest BCUT2D eigenvalue weighted by atomic mass is 10.1. The number of ether oxygens (including phenoxy) is 1. The highest BCUT2D eigenvalue weighted by Crippen LogP contribution is 2.15. The van der Waals surface area contributed by atoms with Crippen molar-refractivity contribution < 1.29 is 17.9 Å². The van der Waals surface area contributed by atoms with Crippen LogP contribution in [-0.4, -0.2) is 27.1 Å². The maximum atomic E-state index is 12.1. The minimum absolute atomic E-state index is 0.0381. The van der Waals surface area contributed by atoms with E-state index in [1.54, 1.807) is 49.6 Å². The molecular weight excluding hydrogens is 288 g/mol. The number of carbonyl (C=O) groups is 1. The summed E-state index contributed by atoms with van der Waals surface area (Å²) in [5, 5.41) is 0. The lowest BCUT2D eigenvalue weighted by Gasteiger charge is -2.05. The van der Waals surface area contributed by atoms with E-state index in [-0.39, 0.29) is 22.9 Å². The molecule has 0 aliphatic carbocycles. The van der Waals surface area contributed by atoms with E-state index in [0.29, 0.717) is 11.3 Å². The summed E-state index contributed by atoms with van der Waals surface area (Å²) in [5.74, 6) is 0.266. The van der Waals surface area contributed by atoms with Gasteiger partial charge < -0.3 is 4.74 Å². The molecule has 4 nitrogen and oxygen atoms in total. The fraction of sp³-hybridized carbons (Fsp3) is 0.188. The molecule has 0 aromatic heterocycles. The van der Waals surface area contributed by atoms with E-state index in [2.05, 4.69) is 0 Å². The van der Waals surface area contributed by atoms with E-state index in [4.69, 9.17) is 4.74 Å². The van der Waals surface area contributed by atoms with Gasteiger partial charge in [0.05, 0.1) is 17.8 Å². The second kappa shape index (κ2) is 6.54. The first-order valence-electron chi connectivity index (χ1n) is 6.48. The molecule has 0 radical (unpaired) electrons. The normalized spacial score (nSPS) is 11.1. The smallest absolute Gasteiger partial charge is 0.178 e. The van der Waals surface area contributed by atoms with E-state index in [0.717, 1.165) is 0 Å². The lowest BCUT2D eigenvalue weighted by molar-refractivity contribution is 0.0988. The highest BCUT2D eigenvalue weighted by atomic mass is 32.2. The number of benzene rings is 2. The van der Waals surface area contributed by atoms with Gasteiger partial charge in [0, 0.05) is 12.0 Å². The third-order valence-corrected chi connectivity index (χ3v) is 4.84. The average Bonchev–Trinajstić information content (AvgIpc) is 2.53. The standard InChI is InChI=1S/C16H16O4S/c1-20-14-9-7-13(8-10-14)16(17)11-12-21(18,19)15-5-3-2-4-6-15/h2-10H,11-12H2,1H3. The molecule has 0 bridgehead atoms. The summed E-state index contributed by atoms with van der Waals surface area (Å²) in [4.78, 5) is 12.3. The molecule has 0 aliphatic heterocycles. The minimum Gasteiger partial charge on any atom is -0.497 e. The molecule has 0 amide bonds. The zero-order chi connectivity index (χ0) is 15.3. The molecule has 0 saturated heterocycles. The lowest BCUT2D eigenvalue weighted by Crippen LogP contribution is -2.11. The third-order valence-electron chi connectivity index (χ3n) is 3.11. The quantitative estimate of drug-likeness (QED) is 0.770. The number of rotatable bonds is 6. The van der Waals surface area contributed by atoms with Crippen LogP contribution < -0.4 is 4.74 Å². The zero-order valence-electron chi connectivity index (χ0n) is 11.7. The second-order valence-electron chi connectivity index (χ2n) is 4.53. The van der Waals surface area contributed by atoms with Gasteiger partial charge in [0.15, 0.2) is 15.6 Å². The van der Waals surface area contributed by atoms with Crippen LogP contribution in [0.5, 0.6) is 5.75 Å². The molecule has 110 valence electrons. The van der Waals surface area contributed by atoms with Gasteiger partial charge in [0.25, 0.3) is 0 Å². The Balaban J connectivity index is 2.03. The average molecular weight is 304 g/mol. The fourth-order valence-corrected chi connectivity index (χ4v) is 3.16. The Morgan fingerprint density at radius 1 is 1.00 bits per heavy atom. The molecule has 0 saturated carbocycles. The number of methoxy groups -OCH3 is 1. The van der Waals surface area contributed by atoms with Crippen molar-refractivity contribution in [3.8, 4) is 5.75 Å². The third kappa shape index (κ3) is 3.92. The van der Waals surface area contributed by atoms with Gasteiger partial charge in [-0.1, -0.05) is 18.2 Å². The van der Waals surface area contributed by atoms with Crippen molar-refractivity contribution in [3.05, 3.63) is 60.2 Å². The molecular formula is C16H16O4S. The zero-order valence-corrected chi connectivity index (χ0v) is 12.5. The van der Waals surface area contributed by atoms with Crippen molar-refractivity contribution in [2.75, 3.05) is 12.9 Å². The Morgan fingerprint density at radius 3 is 2.19 bits per heavy atom. The maximum absolute atomic E-state index is 12.1. The molecule has 0 aliphatic rings. The van der Waals surface area contributed by atoms with E-state index < -0.39 is 9.84 Å². The molecule has 5 heteroatoms. The van der Waals surface area contributed by atoms with Crippen LogP contribution in [0.3, 0.4) is 0 Å². The van der Waals surface area contributed by atoms with Crippen molar-refractivity contribution in [2.24, 2.45) is 0 Å². The van der Waals surface area contributed by atoms with Crippen molar-refractivity contribution in [2.45, 2.75) is 11.3 Å². The molecule has 2 rings (SSSR count). The van der Waals surface area contributed by atoms with Gasteiger partial charge in [-0.25, -0.2) is 8.42 Å². The van der Waals surface area contributed by atoms with Crippen LogP contribution in [0, 0.1) is 0 Å². The Labute approximate surface area is 124 Å². The van der Waals surface area contributed by atoms with Gasteiger partial charge in [0.2, 0.25) is 0 Å². The highest BCUT2D eigenvalue weighted by Gasteiger charge is 2.16. The Bertz CT molecular complexity index is 704. The maximum Gasteiger partial charge on any atom is 0.178 e. The summed E-state index contributed by atoms with van der Waals surface area (Å²) >= 11 is 0. The number of hydrogen-bond donors (Lipinski definition) is 0. The van der Waals surface area contributed by atoms with E-state index in [1.807, 2.05) is 0 Å². The van der Waals surface area contributed by atoms with Crippen molar-refractivity contribution >= 4 is 15.6 Å². The Hall–Kier alpha value is -2.14. The van der Waals surface area contributed by atoms with Gasteiger partial charge in [0.1, 0.15) is 5.75 Å². The number of ketones is 1. The molecule has 0 N–H and O–H groups in total. The summed E-state index contributed by atoms with van der Waals surface area (Å²) in [7, 11) is -1.88. The van der Waals surface area contributed by atoms with Crippen LogP contribution in [0.4, 0.5) is 0 Å². The first-order chi connectivity index (χ1) is 10.0. The van der Waals surface area contributed by atoms with E-state index >= 15 is 0 Å². The first-order valence-corrected chi connectivity index (χ1v) is 8.13. The Kier molecular flexibility index (Phi) is 4.75. The fourth-order valence-electron chi connectivity index (χ4n) is 1.89. The van der Waals surface area contributed by atoms with Crippen LogP contribution in [-0.2, 0) is 9.84 Å². The molecule has 0 atom stereocenters. The highest BCUT2D eigenvalue weighted by molar-refractivity contribution is 7.91. The van der Waals surface area contributed by atoms with Gasteiger partial charge in [-0.15, -0.1) is 0 Å². The Morgan fingerprint density at radius 2 is 1.62 bits per heavy atom. The van der Waals surface area contributed by atoms with Crippen LogP contribution >= 0.6 is 0 Å². The molecule has 0 heterocycles. The van der Waals surface area contributed by atoms with Crippen LogP contribution in [0.1, 0.15) is 16.8 Å². The summed E-state index contributed by atoms with van der Waals surface area (Å²) < 4.78 is 29.2. The van der Waals surface area contributed by atoms with Crippen LogP contribution in [0.2, 0.25) is 0 Å². The van der Waals surface area contributed by atoms with Crippen molar-refractivity contribution in [1.82, 2.24) is 0 Å². The van der Waals surface area contributed by atoms with Crippen molar-refractivity contribution in [1.29, 1.82) is 0 Å². The predicted octanol–water partition coefficient (Wildman–Crippen LogP) is 2.74. The molecule has 2 aromatic rings. The van der Waals surface area contributed by atoms with Gasteiger partial charge in [-0.05, 0) is 36.4 Å². The minimum atomic E-state index is -3.42. The second-order valence-corrected chi connectivity index (χ2v) is 6.64. The number of Topliss-reactive ketones (excluding diaryl/α,β-unsaturated/α-hetero) is 1. The first kappa shape index (κ1) is 15.3. The van der Waals surface area contributed by atoms with Crippen molar-refractivity contribution in [3.63, 3.8) is 0 Å². The van der Waals surface area contributed by atoms with Crippen LogP contribution in [0.15, 0.2) is 59.5 Å². The largest absolute Gasteiger partial charge is 0.497 e. The molecule has 0 spiro atoms. The van der Waals surface area contributed by atoms with Gasteiger partial charge in [-0.2, -0.15) is 0 Å². The van der Waals surface area contributed by atoms with Gasteiger partial charge in [-0.3, -0.25) is 4.79 Å². The monoisotopic (exact) mass is 304 g/mol. The molecule has 0 fully saturated rings. The van der Waals surface area contributed by atoms with E-state index in [1.165, 1.54) is 12.1 Å². The predicted molar refractivity (Wildman–Crippen MR) is 80.4 cm³/mol. The molecule has 0 unspecified atom stereocenters. The van der Waals surface area contributed by atoms with Gasteiger partial charge >= 0.3 is 0 Å². The summed E-state index contributed by atoms with van der Waals surface area (Å²) in [6.07, 6.45) is -0.0381. The van der Waals surface area contributed by atoms with Crippen LogP contribution in [0.25, 0.3) is 0 Å². The van der Waals surface area contributed by atoms with E-state index in [9.17, 15) is 13.2 Å². The number of sulfone groups is 1.